The summed E-state index contributed by atoms with van der Waals surface area (Å²) in [6.45, 7) is 0.516. The Hall–Kier alpha value is -3.84. The Kier molecular flexibility index (Phi) is 7.28. The smallest absolute Gasteiger partial charge is 0.416 e. The predicted molar refractivity (Wildman–Crippen MR) is 126 cm³/mol. The van der Waals surface area contributed by atoms with Gasteiger partial charge in [-0.2, -0.15) is 17.6 Å². The highest BCUT2D eigenvalue weighted by Gasteiger charge is 2.40. The standard InChI is InChI=1S/C23H27F4N7O3/c24-17-18(29-12-22(20(28)32-37)7-9-33(10-8-22)21(35)36)30-13-31-19(17)34(16-5-6-16)11-14-1-3-15(4-2-14)23(25,26)27/h1-4,13,16,37H,5-12H2,(H2,28,32)(H,35,36)(H,29,30,31). The molecular formula is C23H27F4N7O3. The highest BCUT2D eigenvalue weighted by molar-refractivity contribution is 5.87. The fourth-order valence-electron chi connectivity index (χ4n) is 4.45. The van der Waals surface area contributed by atoms with E-state index in [1.807, 2.05) is 0 Å². The summed E-state index contributed by atoms with van der Waals surface area (Å²) >= 11 is 0. The number of hydrogen-bond donors (Lipinski definition) is 4. The Bertz CT molecular complexity index is 1150. The van der Waals surface area contributed by atoms with Gasteiger partial charge in [0.05, 0.1) is 11.0 Å². The first-order valence-corrected chi connectivity index (χ1v) is 11.7. The zero-order valence-corrected chi connectivity index (χ0v) is 19.7. The van der Waals surface area contributed by atoms with Crippen molar-refractivity contribution < 1.29 is 32.7 Å². The number of carboxylic acid groups (broad SMARTS) is 1. The number of nitrogens with two attached hydrogens (primary N) is 1. The minimum atomic E-state index is -4.44. The fourth-order valence-corrected chi connectivity index (χ4v) is 4.45. The molecule has 200 valence electrons. The van der Waals surface area contributed by atoms with E-state index in [0.717, 1.165) is 25.0 Å². The van der Waals surface area contributed by atoms with Crippen molar-refractivity contribution in [2.45, 2.75) is 44.4 Å². The molecule has 1 aliphatic carbocycles. The molecular weight excluding hydrogens is 498 g/mol. The van der Waals surface area contributed by atoms with E-state index in [4.69, 9.17) is 5.73 Å². The predicted octanol–water partition coefficient (Wildman–Crippen LogP) is 3.72. The maximum atomic E-state index is 15.6. The first-order chi connectivity index (χ1) is 17.5. The minimum absolute atomic E-state index is 0.0107. The average Bonchev–Trinajstić information content (AvgIpc) is 3.72. The second-order valence-electron chi connectivity index (χ2n) is 9.30. The molecule has 1 saturated carbocycles. The quantitative estimate of drug-likeness (QED) is 0.134. The van der Waals surface area contributed by atoms with Crippen LogP contribution in [-0.2, 0) is 12.7 Å². The topological polar surface area (TPSA) is 140 Å². The summed E-state index contributed by atoms with van der Waals surface area (Å²) in [5.41, 5.74) is 4.83. The summed E-state index contributed by atoms with van der Waals surface area (Å²) in [6, 6.07) is 4.70. The Balaban J connectivity index is 1.52. The summed E-state index contributed by atoms with van der Waals surface area (Å²) in [7, 11) is 0. The Morgan fingerprint density at radius 2 is 1.86 bits per heavy atom. The molecule has 2 aromatic rings. The van der Waals surface area contributed by atoms with Crippen LogP contribution in [0.1, 0.15) is 36.8 Å². The van der Waals surface area contributed by atoms with Gasteiger partial charge in [-0.05, 0) is 43.4 Å². The van der Waals surface area contributed by atoms with Gasteiger partial charge >= 0.3 is 12.3 Å². The van der Waals surface area contributed by atoms with Gasteiger partial charge in [-0.3, -0.25) is 0 Å². The number of hydrogen-bond acceptors (Lipinski definition) is 7. The second-order valence-corrected chi connectivity index (χ2v) is 9.30. The maximum absolute atomic E-state index is 15.6. The van der Waals surface area contributed by atoms with Gasteiger partial charge in [0.1, 0.15) is 12.2 Å². The van der Waals surface area contributed by atoms with Crippen molar-refractivity contribution in [2.24, 2.45) is 16.3 Å². The Morgan fingerprint density at radius 3 is 2.41 bits per heavy atom. The zero-order valence-electron chi connectivity index (χ0n) is 19.7. The first-order valence-electron chi connectivity index (χ1n) is 11.7. The Labute approximate surface area is 209 Å². The van der Waals surface area contributed by atoms with E-state index in [1.165, 1.54) is 23.4 Å². The lowest BCUT2D eigenvalue weighted by Crippen LogP contribution is -2.51. The maximum Gasteiger partial charge on any atom is 0.416 e. The van der Waals surface area contributed by atoms with Crippen molar-refractivity contribution in [2.75, 3.05) is 29.9 Å². The second kappa shape index (κ2) is 10.3. The van der Waals surface area contributed by atoms with Crippen molar-refractivity contribution in [1.29, 1.82) is 0 Å². The molecule has 0 unspecified atom stereocenters. The lowest BCUT2D eigenvalue weighted by molar-refractivity contribution is -0.137. The number of rotatable bonds is 8. The number of piperidine rings is 1. The van der Waals surface area contributed by atoms with Crippen LogP contribution in [0.5, 0.6) is 0 Å². The molecule has 4 rings (SSSR count). The molecule has 1 aromatic heterocycles. The number of halogens is 4. The molecule has 0 atom stereocenters. The molecule has 2 fully saturated rings. The monoisotopic (exact) mass is 525 g/mol. The number of amides is 1. The van der Waals surface area contributed by atoms with Crippen molar-refractivity contribution in [3.05, 3.63) is 47.5 Å². The van der Waals surface area contributed by atoms with Crippen LogP contribution in [0.4, 0.5) is 34.0 Å². The van der Waals surface area contributed by atoms with E-state index >= 15 is 4.39 Å². The lowest BCUT2D eigenvalue weighted by atomic mass is 9.77. The summed E-state index contributed by atoms with van der Waals surface area (Å²) in [5, 5.41) is 24.5. The van der Waals surface area contributed by atoms with Gasteiger partial charge in [0.2, 0.25) is 5.82 Å². The third-order valence-electron chi connectivity index (χ3n) is 6.90. The van der Waals surface area contributed by atoms with Crippen LogP contribution in [0, 0.1) is 11.2 Å². The molecule has 1 amide bonds. The minimum Gasteiger partial charge on any atom is -0.465 e. The van der Waals surface area contributed by atoms with Gasteiger partial charge in [0, 0.05) is 32.2 Å². The summed E-state index contributed by atoms with van der Waals surface area (Å²) < 4.78 is 54.3. The van der Waals surface area contributed by atoms with Gasteiger partial charge in [0.15, 0.2) is 11.6 Å². The number of carbonyl (C=O) groups is 1. The van der Waals surface area contributed by atoms with Gasteiger partial charge in [-0.25, -0.2) is 14.8 Å². The molecule has 0 bridgehead atoms. The number of amidine groups is 1. The van der Waals surface area contributed by atoms with Crippen LogP contribution in [0.25, 0.3) is 0 Å². The SMILES string of the molecule is N/C(=N\O)C1(CNc2ncnc(N(Cc3ccc(C(F)(F)F)cc3)C3CC3)c2F)CCN(C(=O)O)CC1. The highest BCUT2D eigenvalue weighted by atomic mass is 19.4. The first kappa shape index (κ1) is 26.2. The largest absolute Gasteiger partial charge is 0.465 e. The lowest BCUT2D eigenvalue weighted by Gasteiger charge is -2.40. The molecule has 14 heteroatoms. The molecule has 0 radical (unpaired) electrons. The van der Waals surface area contributed by atoms with Crippen molar-refractivity contribution >= 4 is 23.6 Å². The summed E-state index contributed by atoms with van der Waals surface area (Å²) in [4.78, 5) is 22.3. The molecule has 1 aromatic carbocycles. The van der Waals surface area contributed by atoms with Crippen molar-refractivity contribution in [3.8, 4) is 0 Å². The number of oxime groups is 1. The zero-order chi connectivity index (χ0) is 26.8. The summed E-state index contributed by atoms with van der Waals surface area (Å²) in [6.07, 6.45) is -2.24. The number of alkyl halides is 3. The van der Waals surface area contributed by atoms with Crippen LogP contribution in [-0.4, -0.2) is 62.8 Å². The number of nitrogens with zero attached hydrogens (tertiary/aromatic N) is 5. The number of aromatic nitrogens is 2. The van der Waals surface area contributed by atoms with Crippen LogP contribution >= 0.6 is 0 Å². The van der Waals surface area contributed by atoms with Gasteiger partial charge in [-0.1, -0.05) is 17.3 Å². The number of likely N-dealkylation sites (tertiary alicyclic amines) is 1. The number of nitrogens with one attached hydrogen (secondary N) is 1. The van der Waals surface area contributed by atoms with Crippen molar-refractivity contribution in [3.63, 3.8) is 0 Å². The highest BCUT2D eigenvalue weighted by Crippen LogP contribution is 2.37. The van der Waals surface area contributed by atoms with E-state index in [9.17, 15) is 28.3 Å². The number of benzene rings is 1. The van der Waals surface area contributed by atoms with E-state index in [0.29, 0.717) is 5.56 Å². The molecule has 1 saturated heterocycles. The average molecular weight is 526 g/mol. The van der Waals surface area contributed by atoms with Crippen LogP contribution in [0.15, 0.2) is 35.7 Å². The van der Waals surface area contributed by atoms with Crippen molar-refractivity contribution in [1.82, 2.24) is 14.9 Å². The van der Waals surface area contributed by atoms with E-state index in [2.05, 4.69) is 20.4 Å². The summed E-state index contributed by atoms with van der Waals surface area (Å²) in [5.74, 6) is -0.937. The van der Waals surface area contributed by atoms with Crippen LogP contribution in [0.2, 0.25) is 0 Å². The molecule has 2 aliphatic rings. The van der Waals surface area contributed by atoms with Crippen LogP contribution < -0.4 is 16.0 Å². The van der Waals surface area contributed by atoms with Gasteiger partial charge in [-0.15, -0.1) is 0 Å². The molecule has 2 heterocycles. The normalized spacial score (nSPS) is 17.9. The molecule has 1 aliphatic heterocycles. The fraction of sp³-hybridized carbons (Fsp3) is 0.478. The Morgan fingerprint density at radius 1 is 1.22 bits per heavy atom. The van der Waals surface area contributed by atoms with Crippen LogP contribution in [0.3, 0.4) is 0 Å². The number of anilines is 2. The molecule has 10 nitrogen and oxygen atoms in total. The van der Waals surface area contributed by atoms with E-state index in [1.54, 1.807) is 4.90 Å². The third kappa shape index (κ3) is 5.78. The molecule has 0 spiro atoms. The third-order valence-corrected chi connectivity index (χ3v) is 6.90. The molecule has 37 heavy (non-hydrogen) atoms. The van der Waals surface area contributed by atoms with Gasteiger partial charge < -0.3 is 31.2 Å². The molecule has 5 N–H and O–H groups in total. The van der Waals surface area contributed by atoms with E-state index < -0.39 is 29.1 Å². The van der Waals surface area contributed by atoms with E-state index in [-0.39, 0.29) is 62.5 Å². The van der Waals surface area contributed by atoms with Gasteiger partial charge in [0.25, 0.3) is 0 Å².